The molecule has 1 aliphatic carbocycles. The molecule has 2 N–H and O–H groups in total. The fourth-order valence-electron chi connectivity index (χ4n) is 1.35. The SMILES string of the molecule is CC1(C)CC(=O)C=C([OH2+])C1. The van der Waals surface area contributed by atoms with Gasteiger partial charge in [-0.05, 0) is 5.41 Å². The highest BCUT2D eigenvalue weighted by Gasteiger charge is 2.29. The van der Waals surface area contributed by atoms with Crippen molar-refractivity contribution in [3.8, 4) is 0 Å². The zero-order valence-corrected chi connectivity index (χ0v) is 6.40. The molecule has 0 aromatic heterocycles. The number of rotatable bonds is 0. The summed E-state index contributed by atoms with van der Waals surface area (Å²) in [4.78, 5) is 10.9. The first-order valence-corrected chi connectivity index (χ1v) is 3.45. The molecule has 2 heteroatoms. The lowest BCUT2D eigenvalue weighted by atomic mass is 9.80. The van der Waals surface area contributed by atoms with Gasteiger partial charge in [-0.3, -0.25) is 4.79 Å². The lowest BCUT2D eigenvalue weighted by molar-refractivity contribution is -0.117. The Morgan fingerprint density at radius 3 is 2.50 bits per heavy atom. The molecule has 0 heterocycles. The summed E-state index contributed by atoms with van der Waals surface area (Å²) < 4.78 is 0. The molecular weight excluding hydrogens is 128 g/mol. The molecule has 0 aromatic rings. The second-order valence-corrected chi connectivity index (χ2v) is 3.65. The van der Waals surface area contributed by atoms with Crippen LogP contribution in [-0.2, 0) is 4.79 Å². The van der Waals surface area contributed by atoms with Gasteiger partial charge in [-0.15, -0.1) is 0 Å². The number of ketones is 1. The topological polar surface area (TPSA) is 40.0 Å². The third-order valence-corrected chi connectivity index (χ3v) is 1.66. The van der Waals surface area contributed by atoms with Gasteiger partial charge in [-0.25, -0.2) is 0 Å². The maximum absolute atomic E-state index is 10.9. The van der Waals surface area contributed by atoms with Crippen LogP contribution in [-0.4, -0.2) is 10.9 Å². The van der Waals surface area contributed by atoms with Gasteiger partial charge in [0.15, 0.2) is 5.78 Å². The van der Waals surface area contributed by atoms with E-state index in [9.17, 15) is 4.79 Å². The smallest absolute Gasteiger partial charge is 0.233 e. The van der Waals surface area contributed by atoms with Crippen molar-refractivity contribution in [2.45, 2.75) is 26.7 Å². The molecule has 0 aliphatic heterocycles. The van der Waals surface area contributed by atoms with Gasteiger partial charge >= 0.3 is 0 Å². The fourth-order valence-corrected chi connectivity index (χ4v) is 1.35. The van der Waals surface area contributed by atoms with E-state index in [1.165, 1.54) is 6.08 Å². The van der Waals surface area contributed by atoms with Gasteiger partial charge in [0.05, 0.1) is 12.5 Å². The van der Waals surface area contributed by atoms with Crippen molar-refractivity contribution < 1.29 is 9.90 Å². The van der Waals surface area contributed by atoms with Crippen LogP contribution in [0.5, 0.6) is 0 Å². The molecule has 0 atom stereocenters. The van der Waals surface area contributed by atoms with E-state index in [0.717, 1.165) is 6.42 Å². The molecule has 0 saturated carbocycles. The third-order valence-electron chi connectivity index (χ3n) is 1.66. The fraction of sp³-hybridized carbons (Fsp3) is 0.625. The van der Waals surface area contributed by atoms with Gasteiger partial charge < -0.3 is 5.11 Å². The summed E-state index contributed by atoms with van der Waals surface area (Å²) in [5, 5.41) is 7.30. The second-order valence-electron chi connectivity index (χ2n) is 3.65. The second kappa shape index (κ2) is 2.11. The quantitative estimate of drug-likeness (QED) is 0.463. The van der Waals surface area contributed by atoms with Gasteiger partial charge in [0.2, 0.25) is 5.76 Å². The minimum absolute atomic E-state index is 0.0168. The average Bonchev–Trinajstić information content (AvgIpc) is 1.54. The van der Waals surface area contributed by atoms with E-state index in [1.807, 2.05) is 13.8 Å². The molecule has 2 nitrogen and oxygen atoms in total. The van der Waals surface area contributed by atoms with Crippen molar-refractivity contribution in [1.82, 2.24) is 0 Å². The van der Waals surface area contributed by atoms with Crippen LogP contribution in [0.2, 0.25) is 0 Å². The highest BCUT2D eigenvalue weighted by molar-refractivity contribution is 5.91. The van der Waals surface area contributed by atoms with Crippen molar-refractivity contribution in [2.75, 3.05) is 0 Å². The maximum atomic E-state index is 10.9. The molecule has 10 heavy (non-hydrogen) atoms. The summed E-state index contributed by atoms with van der Waals surface area (Å²) in [5.41, 5.74) is 0.0168. The molecule has 0 aromatic carbocycles. The van der Waals surface area contributed by atoms with Crippen molar-refractivity contribution in [1.29, 1.82) is 0 Å². The zero-order valence-electron chi connectivity index (χ0n) is 6.40. The Morgan fingerprint density at radius 1 is 1.50 bits per heavy atom. The van der Waals surface area contributed by atoms with Crippen molar-refractivity contribution in [3.05, 3.63) is 11.8 Å². The number of hydrogen-bond acceptors (Lipinski definition) is 1. The Labute approximate surface area is 60.6 Å². The summed E-state index contributed by atoms with van der Waals surface area (Å²) >= 11 is 0. The molecule has 0 unspecified atom stereocenters. The Bertz CT molecular complexity index is 189. The number of carbonyl (C=O) groups is 1. The standard InChI is InChI=1S/C8H12O2/c1-8(2)4-6(9)3-7(10)5-8/h3,9H,4-5H2,1-2H3/p+1. The van der Waals surface area contributed by atoms with Crippen molar-refractivity contribution >= 4 is 5.78 Å². The molecule has 0 fully saturated rings. The summed E-state index contributed by atoms with van der Waals surface area (Å²) in [6.07, 6.45) is 2.76. The first kappa shape index (κ1) is 7.32. The molecular formula is C8H13O2+. The van der Waals surface area contributed by atoms with E-state index in [4.69, 9.17) is 5.11 Å². The van der Waals surface area contributed by atoms with Gasteiger partial charge in [-0.2, -0.15) is 0 Å². The van der Waals surface area contributed by atoms with Gasteiger partial charge in [0, 0.05) is 6.42 Å². The van der Waals surface area contributed by atoms with Gasteiger partial charge in [0.25, 0.3) is 0 Å². The molecule has 0 spiro atoms. The minimum atomic E-state index is 0.0168. The number of carbonyl (C=O) groups excluding carboxylic acids is 1. The van der Waals surface area contributed by atoms with E-state index >= 15 is 0 Å². The van der Waals surface area contributed by atoms with E-state index in [1.54, 1.807) is 0 Å². The van der Waals surface area contributed by atoms with E-state index in [2.05, 4.69) is 0 Å². The molecule has 0 amide bonds. The lowest BCUT2D eigenvalue weighted by Crippen LogP contribution is -2.21. The summed E-state index contributed by atoms with van der Waals surface area (Å²) in [6, 6.07) is 0. The highest BCUT2D eigenvalue weighted by Crippen LogP contribution is 2.32. The van der Waals surface area contributed by atoms with E-state index < -0.39 is 0 Å². The van der Waals surface area contributed by atoms with Crippen LogP contribution >= 0.6 is 0 Å². The van der Waals surface area contributed by atoms with Crippen LogP contribution in [0.25, 0.3) is 0 Å². The first-order valence-electron chi connectivity index (χ1n) is 3.45. The molecule has 56 valence electrons. The van der Waals surface area contributed by atoms with Crippen LogP contribution < -0.4 is 0 Å². The van der Waals surface area contributed by atoms with Gasteiger partial charge in [0.1, 0.15) is 0 Å². The third kappa shape index (κ3) is 1.59. The maximum Gasteiger partial charge on any atom is 0.233 e. The molecule has 0 saturated heterocycles. The predicted octanol–water partition coefficient (Wildman–Crippen LogP) is 0.984. The monoisotopic (exact) mass is 141 g/mol. The Morgan fingerprint density at radius 2 is 2.10 bits per heavy atom. The largest absolute Gasteiger partial charge is 0.596 e. The first-order chi connectivity index (χ1) is 4.49. The van der Waals surface area contributed by atoms with Crippen molar-refractivity contribution in [3.63, 3.8) is 0 Å². The molecule has 0 radical (unpaired) electrons. The van der Waals surface area contributed by atoms with Crippen LogP contribution in [0.3, 0.4) is 0 Å². The lowest BCUT2D eigenvalue weighted by Gasteiger charge is -2.23. The Kier molecular flexibility index (Phi) is 1.55. The van der Waals surface area contributed by atoms with Crippen molar-refractivity contribution in [2.24, 2.45) is 5.41 Å². The average molecular weight is 141 g/mol. The van der Waals surface area contributed by atoms with Crippen LogP contribution in [0.4, 0.5) is 0 Å². The van der Waals surface area contributed by atoms with Crippen LogP contribution in [0, 0.1) is 5.41 Å². The number of hydrogen-bond donors (Lipinski definition) is 0. The summed E-state index contributed by atoms with van der Waals surface area (Å²) in [6.45, 7) is 4.04. The summed E-state index contributed by atoms with van der Waals surface area (Å²) in [5.74, 6) is 0.572. The molecule has 1 aliphatic rings. The minimum Gasteiger partial charge on any atom is -0.596 e. The predicted molar refractivity (Wildman–Crippen MR) is 39.7 cm³/mol. The van der Waals surface area contributed by atoms with Crippen LogP contribution in [0.15, 0.2) is 11.8 Å². The summed E-state index contributed by atoms with van der Waals surface area (Å²) in [7, 11) is 0. The Balaban J connectivity index is 2.80. The molecule has 1 rings (SSSR count). The molecule has 0 bridgehead atoms. The van der Waals surface area contributed by atoms with Crippen LogP contribution in [0.1, 0.15) is 26.7 Å². The number of allylic oxidation sites excluding steroid dienone is 2. The Hall–Kier alpha value is -0.790. The van der Waals surface area contributed by atoms with Gasteiger partial charge in [-0.1, -0.05) is 13.8 Å². The zero-order chi connectivity index (χ0) is 7.78. The van der Waals surface area contributed by atoms with E-state index in [-0.39, 0.29) is 11.2 Å². The van der Waals surface area contributed by atoms with E-state index in [0.29, 0.717) is 12.2 Å². The normalized spacial score (nSPS) is 24.2. The highest BCUT2D eigenvalue weighted by atomic mass is 16.3.